The Balaban J connectivity index is 1.65. The summed E-state index contributed by atoms with van der Waals surface area (Å²) in [7, 11) is 0. The second kappa shape index (κ2) is 4.28. The van der Waals surface area contributed by atoms with Gasteiger partial charge in [-0.05, 0) is 25.0 Å². The zero-order chi connectivity index (χ0) is 12.6. The summed E-state index contributed by atoms with van der Waals surface area (Å²) in [4.78, 5) is 12.2. The molecule has 4 heteroatoms. The first-order valence-corrected chi connectivity index (χ1v) is 6.41. The largest absolute Gasteiger partial charge is 0.379 e. The molecule has 1 unspecified atom stereocenters. The molecule has 1 fully saturated rings. The van der Waals surface area contributed by atoms with Gasteiger partial charge in [0.1, 0.15) is 6.04 Å². The minimum atomic E-state index is -0.201. The normalized spacial score (nSPS) is 29.7. The number of ether oxygens (including phenoxy) is 1. The van der Waals surface area contributed by atoms with Crippen molar-refractivity contribution in [3.05, 3.63) is 29.8 Å². The van der Waals surface area contributed by atoms with Gasteiger partial charge in [0.25, 0.3) is 0 Å². The van der Waals surface area contributed by atoms with Crippen LogP contribution in [0.3, 0.4) is 0 Å². The van der Waals surface area contributed by atoms with Crippen LogP contribution < -0.4 is 10.6 Å². The molecule has 2 heterocycles. The van der Waals surface area contributed by atoms with Crippen molar-refractivity contribution in [1.29, 1.82) is 0 Å². The molecule has 2 aliphatic heterocycles. The summed E-state index contributed by atoms with van der Waals surface area (Å²) in [6, 6.07) is 7.92. The Bertz CT molecular complexity index is 442. The highest BCUT2D eigenvalue weighted by Crippen LogP contribution is 2.26. The Morgan fingerprint density at radius 3 is 3.06 bits per heavy atom. The van der Waals surface area contributed by atoms with E-state index in [0.29, 0.717) is 6.61 Å². The lowest BCUT2D eigenvalue weighted by molar-refractivity contribution is -0.123. The number of carbonyl (C=O) groups is 1. The van der Waals surface area contributed by atoms with E-state index in [1.165, 1.54) is 5.56 Å². The minimum Gasteiger partial charge on any atom is -0.379 e. The zero-order valence-corrected chi connectivity index (χ0v) is 10.5. The summed E-state index contributed by atoms with van der Waals surface area (Å²) in [6.07, 6.45) is 1.65. The molecule has 2 N–H and O–H groups in total. The molecular weight excluding hydrogens is 228 g/mol. The van der Waals surface area contributed by atoms with E-state index in [1.54, 1.807) is 0 Å². The van der Waals surface area contributed by atoms with E-state index in [4.69, 9.17) is 4.74 Å². The molecule has 96 valence electrons. The molecule has 2 aliphatic rings. The van der Waals surface area contributed by atoms with Crippen molar-refractivity contribution in [3.8, 4) is 0 Å². The maximum absolute atomic E-state index is 12.2. The quantitative estimate of drug-likeness (QED) is 0.827. The maximum Gasteiger partial charge on any atom is 0.243 e. The average molecular weight is 246 g/mol. The van der Waals surface area contributed by atoms with Gasteiger partial charge in [0.2, 0.25) is 5.91 Å². The molecule has 0 aromatic heterocycles. The molecule has 0 bridgehead atoms. The Labute approximate surface area is 107 Å². The monoisotopic (exact) mass is 246 g/mol. The minimum absolute atomic E-state index is 0.0687. The van der Waals surface area contributed by atoms with E-state index in [2.05, 4.69) is 16.7 Å². The van der Waals surface area contributed by atoms with Crippen molar-refractivity contribution in [2.75, 3.05) is 18.5 Å². The summed E-state index contributed by atoms with van der Waals surface area (Å²) in [5.74, 6) is 0.0687. The second-order valence-electron chi connectivity index (χ2n) is 5.41. The van der Waals surface area contributed by atoms with Crippen molar-refractivity contribution in [1.82, 2.24) is 5.32 Å². The third-order valence-electron chi connectivity index (χ3n) is 3.73. The Morgan fingerprint density at radius 2 is 2.33 bits per heavy atom. The van der Waals surface area contributed by atoms with Crippen LogP contribution in [0, 0.1) is 0 Å². The standard InChI is InChI=1S/C14H18N2O2/c1-14(6-7-18-9-14)16-13(17)12-8-10-4-2-3-5-11(10)15-12/h2-5,12,15H,6-9H2,1H3,(H,16,17)/t12-,14?/m0/s1. The molecule has 1 saturated heterocycles. The topological polar surface area (TPSA) is 50.4 Å². The molecule has 0 radical (unpaired) electrons. The number of anilines is 1. The van der Waals surface area contributed by atoms with Crippen LogP contribution >= 0.6 is 0 Å². The van der Waals surface area contributed by atoms with Gasteiger partial charge in [-0.3, -0.25) is 4.79 Å². The lowest BCUT2D eigenvalue weighted by atomic mass is 10.0. The fraction of sp³-hybridized carbons (Fsp3) is 0.500. The average Bonchev–Trinajstić information content (AvgIpc) is 2.95. The van der Waals surface area contributed by atoms with E-state index in [-0.39, 0.29) is 17.5 Å². The van der Waals surface area contributed by atoms with E-state index in [0.717, 1.165) is 25.1 Å². The van der Waals surface area contributed by atoms with Gasteiger partial charge < -0.3 is 15.4 Å². The molecule has 1 amide bonds. The predicted octanol–water partition coefficient (Wildman–Crippen LogP) is 1.32. The fourth-order valence-corrected chi connectivity index (χ4v) is 2.61. The van der Waals surface area contributed by atoms with Crippen molar-refractivity contribution in [3.63, 3.8) is 0 Å². The van der Waals surface area contributed by atoms with Gasteiger partial charge in [0.05, 0.1) is 12.1 Å². The number of fused-ring (bicyclic) bond motifs is 1. The first-order valence-electron chi connectivity index (χ1n) is 6.41. The van der Waals surface area contributed by atoms with Crippen LogP contribution in [0.2, 0.25) is 0 Å². The van der Waals surface area contributed by atoms with Crippen LogP contribution in [0.1, 0.15) is 18.9 Å². The third kappa shape index (κ3) is 2.08. The lowest BCUT2D eigenvalue weighted by Gasteiger charge is -2.25. The van der Waals surface area contributed by atoms with E-state index in [9.17, 15) is 4.79 Å². The van der Waals surface area contributed by atoms with Crippen LogP contribution in [0.5, 0.6) is 0 Å². The summed E-state index contributed by atoms with van der Waals surface area (Å²) in [5.41, 5.74) is 2.09. The number of hydrogen-bond donors (Lipinski definition) is 2. The Hall–Kier alpha value is -1.55. The fourth-order valence-electron chi connectivity index (χ4n) is 2.61. The van der Waals surface area contributed by atoms with Crippen LogP contribution in [-0.2, 0) is 16.0 Å². The highest BCUT2D eigenvalue weighted by atomic mass is 16.5. The van der Waals surface area contributed by atoms with Gasteiger partial charge in [0.15, 0.2) is 0 Å². The number of para-hydroxylation sites is 1. The maximum atomic E-state index is 12.2. The first-order chi connectivity index (χ1) is 8.66. The van der Waals surface area contributed by atoms with Gasteiger partial charge in [-0.25, -0.2) is 0 Å². The van der Waals surface area contributed by atoms with Crippen LogP contribution in [0.4, 0.5) is 5.69 Å². The molecular formula is C14H18N2O2. The number of nitrogens with one attached hydrogen (secondary N) is 2. The molecule has 3 rings (SSSR count). The van der Waals surface area contributed by atoms with Gasteiger partial charge in [-0.1, -0.05) is 18.2 Å². The van der Waals surface area contributed by atoms with Gasteiger partial charge >= 0.3 is 0 Å². The van der Waals surface area contributed by atoms with Crippen molar-refractivity contribution >= 4 is 11.6 Å². The van der Waals surface area contributed by atoms with Gasteiger partial charge in [0, 0.05) is 18.7 Å². The van der Waals surface area contributed by atoms with Gasteiger partial charge in [-0.2, -0.15) is 0 Å². The van der Waals surface area contributed by atoms with Crippen molar-refractivity contribution in [2.45, 2.75) is 31.3 Å². The van der Waals surface area contributed by atoms with Gasteiger partial charge in [-0.15, -0.1) is 0 Å². The smallest absolute Gasteiger partial charge is 0.243 e. The summed E-state index contributed by atoms with van der Waals surface area (Å²) in [6.45, 7) is 3.38. The molecule has 0 spiro atoms. The Kier molecular flexibility index (Phi) is 2.74. The third-order valence-corrected chi connectivity index (χ3v) is 3.73. The lowest BCUT2D eigenvalue weighted by Crippen LogP contribution is -2.51. The van der Waals surface area contributed by atoms with E-state index < -0.39 is 0 Å². The molecule has 0 aliphatic carbocycles. The van der Waals surface area contributed by atoms with Crippen LogP contribution in [-0.4, -0.2) is 30.7 Å². The number of rotatable bonds is 2. The van der Waals surface area contributed by atoms with E-state index >= 15 is 0 Å². The molecule has 18 heavy (non-hydrogen) atoms. The van der Waals surface area contributed by atoms with Crippen LogP contribution in [0.15, 0.2) is 24.3 Å². The van der Waals surface area contributed by atoms with Crippen molar-refractivity contribution in [2.24, 2.45) is 0 Å². The summed E-state index contributed by atoms with van der Waals surface area (Å²) >= 11 is 0. The molecule has 1 aromatic carbocycles. The Morgan fingerprint density at radius 1 is 1.50 bits per heavy atom. The van der Waals surface area contributed by atoms with Crippen LogP contribution in [0.25, 0.3) is 0 Å². The van der Waals surface area contributed by atoms with Crippen molar-refractivity contribution < 1.29 is 9.53 Å². The highest BCUT2D eigenvalue weighted by Gasteiger charge is 2.35. The molecule has 1 aromatic rings. The zero-order valence-electron chi connectivity index (χ0n) is 10.5. The SMILES string of the molecule is CC1(NC(=O)[C@@H]2Cc3ccccc3N2)CCOC1. The number of benzene rings is 1. The molecule has 4 nitrogen and oxygen atoms in total. The second-order valence-corrected chi connectivity index (χ2v) is 5.41. The predicted molar refractivity (Wildman–Crippen MR) is 69.5 cm³/mol. The highest BCUT2D eigenvalue weighted by molar-refractivity contribution is 5.87. The number of hydrogen-bond acceptors (Lipinski definition) is 3. The first kappa shape index (κ1) is 11.5. The summed E-state index contributed by atoms with van der Waals surface area (Å²) < 4.78 is 5.35. The molecule has 0 saturated carbocycles. The number of carbonyl (C=O) groups excluding carboxylic acids is 1. The van der Waals surface area contributed by atoms with E-state index in [1.807, 2.05) is 25.1 Å². The molecule has 2 atom stereocenters. The summed E-state index contributed by atoms with van der Waals surface area (Å²) in [5, 5.41) is 6.38. The number of amides is 1.